The zero-order valence-electron chi connectivity index (χ0n) is 30.4. The molecule has 2 aliphatic rings. The number of halogens is 1. The van der Waals surface area contributed by atoms with E-state index in [2.05, 4.69) is 139 Å². The Hall–Kier alpha value is -7.10. The second-order valence-electron chi connectivity index (χ2n) is 14.8. The summed E-state index contributed by atoms with van der Waals surface area (Å²) in [6.07, 6.45) is 7.93. The molecule has 0 amide bonds. The first kappa shape index (κ1) is 32.5. The van der Waals surface area contributed by atoms with Gasteiger partial charge in [0.1, 0.15) is 11.9 Å². The van der Waals surface area contributed by atoms with Crippen molar-refractivity contribution >= 4 is 49.9 Å². The molecule has 0 saturated heterocycles. The number of nitriles is 1. The fourth-order valence-electron chi connectivity index (χ4n) is 8.56. The van der Waals surface area contributed by atoms with Crippen LogP contribution in [0.15, 0.2) is 152 Å². The van der Waals surface area contributed by atoms with Crippen LogP contribution in [-0.4, -0.2) is 21.1 Å². The molecule has 0 spiro atoms. The lowest BCUT2D eigenvalue weighted by Crippen LogP contribution is -2.21. The third kappa shape index (κ3) is 5.04. The molecule has 0 radical (unpaired) electrons. The molecule has 5 nitrogen and oxygen atoms in total. The fraction of sp³-hybridized carbons (Fsp3) is 0.0816. The number of fused-ring (bicyclic) bond motifs is 8. The van der Waals surface area contributed by atoms with Crippen LogP contribution in [0, 0.1) is 17.1 Å². The summed E-state index contributed by atoms with van der Waals surface area (Å²) in [5, 5.41) is 12.8. The standard InChI is InChI=1S/C49H34FN5/c1-30-11-5-4-10-24-54(48-52-43-27-33(50)18-20-38(43)44(29-51)53-48)45-22-16-31(25-39(30)45)32-17-23-47-40(26-32)37-13-7-9-15-46(37)55(47)34-19-21-36-35-12-6-8-14-41(35)49(2,3)42(36)28-34/h4-23,25-28H,1,24H2,2-3H3/b10-4-,11-5-. The van der Waals surface area contributed by atoms with Gasteiger partial charge in [-0.3, -0.25) is 0 Å². The van der Waals surface area contributed by atoms with Gasteiger partial charge in [0.15, 0.2) is 5.69 Å². The molecule has 8 aromatic rings. The molecule has 0 N–H and O–H groups in total. The Morgan fingerprint density at radius 2 is 1.49 bits per heavy atom. The fourth-order valence-corrected chi connectivity index (χ4v) is 8.56. The third-order valence-corrected chi connectivity index (χ3v) is 11.3. The summed E-state index contributed by atoms with van der Waals surface area (Å²) >= 11 is 0. The minimum Gasteiger partial charge on any atom is -0.309 e. The number of hydrogen-bond donors (Lipinski definition) is 0. The van der Waals surface area contributed by atoms with Gasteiger partial charge in [0.05, 0.1) is 22.2 Å². The summed E-state index contributed by atoms with van der Waals surface area (Å²) in [6, 6.07) is 43.7. The van der Waals surface area contributed by atoms with Crippen LogP contribution in [0.5, 0.6) is 0 Å². The Bertz CT molecular complexity index is 3050. The summed E-state index contributed by atoms with van der Waals surface area (Å²) in [6.45, 7) is 9.52. The summed E-state index contributed by atoms with van der Waals surface area (Å²) in [5.41, 5.74) is 13.9. The van der Waals surface area contributed by atoms with Gasteiger partial charge < -0.3 is 9.47 Å². The Labute approximate surface area is 318 Å². The number of aromatic nitrogens is 3. The summed E-state index contributed by atoms with van der Waals surface area (Å²) in [5.74, 6) is -0.105. The maximum Gasteiger partial charge on any atom is 0.232 e. The first-order valence-corrected chi connectivity index (χ1v) is 18.4. The highest BCUT2D eigenvalue weighted by atomic mass is 19.1. The lowest BCUT2D eigenvalue weighted by Gasteiger charge is -2.25. The van der Waals surface area contributed by atoms with E-state index in [4.69, 9.17) is 4.98 Å². The average molecular weight is 712 g/mol. The van der Waals surface area contributed by atoms with Crippen LogP contribution in [0.25, 0.3) is 66.2 Å². The molecule has 1 aliphatic heterocycles. The SMILES string of the molecule is C=C1/C=C\C=C/CN(c2nc(C#N)c3ccc(F)cc3n2)c2ccc(-c3ccc4c(c3)c3ccccc3n4-c3ccc4c(c3)C(C)(C)c3ccccc3-4)cc21. The van der Waals surface area contributed by atoms with Gasteiger partial charge in [-0.1, -0.05) is 105 Å². The van der Waals surface area contributed by atoms with E-state index in [1.54, 1.807) is 6.07 Å². The second-order valence-corrected chi connectivity index (χ2v) is 14.8. The topological polar surface area (TPSA) is 57.7 Å². The Kier molecular flexibility index (Phi) is 7.23. The molecule has 0 fully saturated rings. The van der Waals surface area contributed by atoms with E-state index >= 15 is 0 Å². The molecule has 6 aromatic carbocycles. The van der Waals surface area contributed by atoms with Crippen LogP contribution in [0.4, 0.5) is 16.0 Å². The molecule has 0 unspecified atom stereocenters. The van der Waals surface area contributed by atoms with E-state index in [-0.39, 0.29) is 11.1 Å². The van der Waals surface area contributed by atoms with Crippen molar-refractivity contribution in [1.82, 2.24) is 14.5 Å². The molecule has 3 heterocycles. The third-order valence-electron chi connectivity index (χ3n) is 11.3. The van der Waals surface area contributed by atoms with E-state index in [1.807, 2.05) is 29.2 Å². The Balaban J connectivity index is 1.10. The Morgan fingerprint density at radius 3 is 2.38 bits per heavy atom. The molecule has 0 bridgehead atoms. The zero-order chi connectivity index (χ0) is 37.4. The molecule has 262 valence electrons. The largest absolute Gasteiger partial charge is 0.309 e. The first-order valence-electron chi connectivity index (χ1n) is 18.4. The number of benzene rings is 6. The molecular weight excluding hydrogens is 678 g/mol. The molecule has 6 heteroatoms. The van der Waals surface area contributed by atoms with Gasteiger partial charge in [-0.2, -0.15) is 5.26 Å². The van der Waals surface area contributed by atoms with Crippen molar-refractivity contribution < 1.29 is 4.39 Å². The van der Waals surface area contributed by atoms with E-state index in [0.717, 1.165) is 44.7 Å². The van der Waals surface area contributed by atoms with E-state index in [1.165, 1.54) is 45.2 Å². The van der Waals surface area contributed by atoms with Crippen LogP contribution >= 0.6 is 0 Å². The summed E-state index contributed by atoms with van der Waals surface area (Å²) < 4.78 is 16.7. The van der Waals surface area contributed by atoms with Crippen molar-refractivity contribution in [3.63, 3.8) is 0 Å². The van der Waals surface area contributed by atoms with Crippen LogP contribution in [0.3, 0.4) is 0 Å². The van der Waals surface area contributed by atoms with Gasteiger partial charge in [-0.15, -0.1) is 0 Å². The molecule has 1 aliphatic carbocycles. The van der Waals surface area contributed by atoms with Crippen LogP contribution in [0.2, 0.25) is 0 Å². The minimum absolute atomic E-state index is 0.0988. The van der Waals surface area contributed by atoms with Crippen molar-refractivity contribution in [3.8, 4) is 34.0 Å². The lowest BCUT2D eigenvalue weighted by atomic mass is 9.82. The van der Waals surface area contributed by atoms with Gasteiger partial charge in [0.2, 0.25) is 5.95 Å². The number of para-hydroxylation sites is 1. The highest BCUT2D eigenvalue weighted by molar-refractivity contribution is 6.10. The van der Waals surface area contributed by atoms with Gasteiger partial charge in [0, 0.05) is 45.4 Å². The number of anilines is 2. The van der Waals surface area contributed by atoms with Crippen molar-refractivity contribution in [1.29, 1.82) is 5.26 Å². The maximum absolute atomic E-state index is 14.3. The zero-order valence-corrected chi connectivity index (χ0v) is 30.4. The van der Waals surface area contributed by atoms with Crippen LogP contribution in [-0.2, 0) is 5.41 Å². The first-order chi connectivity index (χ1) is 26.8. The Morgan fingerprint density at radius 1 is 0.709 bits per heavy atom. The van der Waals surface area contributed by atoms with E-state index in [0.29, 0.717) is 23.4 Å². The number of rotatable bonds is 3. The van der Waals surface area contributed by atoms with Gasteiger partial charge in [-0.05, 0) is 93.6 Å². The normalized spacial score (nSPS) is 15.5. The van der Waals surface area contributed by atoms with Crippen molar-refractivity contribution in [3.05, 3.63) is 180 Å². The van der Waals surface area contributed by atoms with Gasteiger partial charge in [0.25, 0.3) is 0 Å². The second kappa shape index (κ2) is 12.2. The van der Waals surface area contributed by atoms with E-state index < -0.39 is 5.82 Å². The average Bonchev–Trinajstić information content (AvgIpc) is 3.68. The van der Waals surface area contributed by atoms with Crippen molar-refractivity contribution in [2.45, 2.75) is 19.3 Å². The molecule has 2 aromatic heterocycles. The molecule has 10 rings (SSSR count). The number of hydrogen-bond acceptors (Lipinski definition) is 4. The molecule has 55 heavy (non-hydrogen) atoms. The minimum atomic E-state index is -0.421. The van der Waals surface area contributed by atoms with E-state index in [9.17, 15) is 9.65 Å². The number of allylic oxidation sites excluding steroid dienone is 4. The summed E-state index contributed by atoms with van der Waals surface area (Å²) in [7, 11) is 0. The molecule has 0 atom stereocenters. The highest BCUT2D eigenvalue weighted by Gasteiger charge is 2.35. The van der Waals surface area contributed by atoms with Crippen molar-refractivity contribution in [2.24, 2.45) is 0 Å². The maximum atomic E-state index is 14.3. The predicted octanol–water partition coefficient (Wildman–Crippen LogP) is 12.0. The number of nitrogens with zero attached hydrogens (tertiary/aromatic N) is 5. The lowest BCUT2D eigenvalue weighted by molar-refractivity contribution is 0.629. The molecule has 0 saturated carbocycles. The van der Waals surface area contributed by atoms with Gasteiger partial charge >= 0.3 is 0 Å². The van der Waals surface area contributed by atoms with Gasteiger partial charge in [-0.25, -0.2) is 14.4 Å². The summed E-state index contributed by atoms with van der Waals surface area (Å²) in [4.78, 5) is 11.3. The highest BCUT2D eigenvalue weighted by Crippen LogP contribution is 2.49. The predicted molar refractivity (Wildman–Crippen MR) is 222 cm³/mol. The quantitative estimate of drug-likeness (QED) is 0.183. The van der Waals surface area contributed by atoms with Crippen molar-refractivity contribution in [2.75, 3.05) is 11.4 Å². The molecular formula is C49H34FN5. The monoisotopic (exact) mass is 711 g/mol. The van der Waals surface area contributed by atoms with Crippen LogP contribution in [0.1, 0.15) is 36.2 Å². The smallest absolute Gasteiger partial charge is 0.232 e. The van der Waals surface area contributed by atoms with Crippen LogP contribution < -0.4 is 4.90 Å².